The van der Waals surface area contributed by atoms with Crippen LogP contribution in [0.15, 0.2) is 22.6 Å². The van der Waals surface area contributed by atoms with Crippen molar-refractivity contribution in [1.29, 1.82) is 0 Å². The molecule has 6 nitrogen and oxygen atoms in total. The van der Waals surface area contributed by atoms with Crippen LogP contribution in [0, 0.1) is 6.92 Å². The highest BCUT2D eigenvalue weighted by molar-refractivity contribution is 5.97. The molecule has 1 atom stereocenters. The monoisotopic (exact) mass is 361 g/mol. The maximum absolute atomic E-state index is 12.6. The topological polar surface area (TPSA) is 69.0 Å². The summed E-state index contributed by atoms with van der Waals surface area (Å²) >= 11 is 0. The van der Waals surface area contributed by atoms with Crippen LogP contribution in [0.1, 0.15) is 50.7 Å². The Balaban J connectivity index is 2.23. The minimum absolute atomic E-state index is 0.0176. The first-order valence-electron chi connectivity index (χ1n) is 8.77. The summed E-state index contributed by atoms with van der Waals surface area (Å²) in [5.74, 6) is -0.0901. The van der Waals surface area contributed by atoms with Crippen molar-refractivity contribution in [2.45, 2.75) is 59.7 Å². The van der Waals surface area contributed by atoms with Crippen LogP contribution in [0.3, 0.4) is 0 Å². The molecule has 0 saturated carbocycles. The molecule has 0 bridgehead atoms. The van der Waals surface area contributed by atoms with Gasteiger partial charge in [0, 0.05) is 23.0 Å². The van der Waals surface area contributed by atoms with Gasteiger partial charge in [0.25, 0.3) is 5.91 Å². The number of nitrogens with zero attached hydrogens (tertiary/aromatic N) is 1. The van der Waals surface area contributed by atoms with Crippen LogP contribution < -0.4 is 4.74 Å². The van der Waals surface area contributed by atoms with E-state index in [0.29, 0.717) is 16.9 Å². The molecule has 142 valence electrons. The van der Waals surface area contributed by atoms with E-state index in [0.717, 1.165) is 5.39 Å². The van der Waals surface area contributed by atoms with Crippen molar-refractivity contribution >= 4 is 22.8 Å². The van der Waals surface area contributed by atoms with Crippen molar-refractivity contribution in [3.05, 3.63) is 29.5 Å². The van der Waals surface area contributed by atoms with Crippen molar-refractivity contribution < 1.29 is 23.5 Å². The fraction of sp³-hybridized carbons (Fsp3) is 0.500. The maximum Gasteiger partial charge on any atom is 0.375 e. The Morgan fingerprint density at radius 1 is 1.08 bits per heavy atom. The van der Waals surface area contributed by atoms with Gasteiger partial charge in [-0.05, 0) is 59.7 Å². The van der Waals surface area contributed by atoms with Gasteiger partial charge in [0.15, 0.2) is 6.10 Å². The summed E-state index contributed by atoms with van der Waals surface area (Å²) in [7, 11) is 1.58. The van der Waals surface area contributed by atoms with E-state index in [1.54, 1.807) is 44.1 Å². The predicted molar refractivity (Wildman–Crippen MR) is 99.5 cm³/mol. The van der Waals surface area contributed by atoms with Gasteiger partial charge in [-0.15, -0.1) is 0 Å². The third kappa shape index (κ3) is 3.84. The van der Waals surface area contributed by atoms with Gasteiger partial charge in [-0.1, -0.05) is 0 Å². The predicted octanol–water partition coefficient (Wildman–Crippen LogP) is 3.94. The first-order valence-corrected chi connectivity index (χ1v) is 8.77. The second-order valence-electron chi connectivity index (χ2n) is 6.90. The molecule has 6 heteroatoms. The zero-order chi connectivity index (χ0) is 19.6. The van der Waals surface area contributed by atoms with Crippen LogP contribution in [0.4, 0.5) is 0 Å². The number of rotatable bonds is 6. The highest BCUT2D eigenvalue weighted by Gasteiger charge is 2.29. The molecule has 1 heterocycles. The molecule has 0 fully saturated rings. The van der Waals surface area contributed by atoms with Gasteiger partial charge in [0.2, 0.25) is 5.76 Å². The first-order chi connectivity index (χ1) is 12.2. The molecule has 0 unspecified atom stereocenters. The van der Waals surface area contributed by atoms with Crippen LogP contribution in [-0.2, 0) is 9.53 Å². The Hall–Kier alpha value is -2.50. The van der Waals surface area contributed by atoms with Crippen molar-refractivity contribution in [3.63, 3.8) is 0 Å². The molecule has 0 saturated heterocycles. The van der Waals surface area contributed by atoms with E-state index in [9.17, 15) is 9.59 Å². The number of esters is 1. The fourth-order valence-corrected chi connectivity index (χ4v) is 3.10. The van der Waals surface area contributed by atoms with E-state index in [4.69, 9.17) is 13.9 Å². The van der Waals surface area contributed by atoms with E-state index in [2.05, 4.69) is 0 Å². The normalized spacial score (nSPS) is 12.5. The van der Waals surface area contributed by atoms with E-state index < -0.39 is 12.1 Å². The molecule has 1 amide bonds. The second-order valence-corrected chi connectivity index (χ2v) is 6.90. The largest absolute Gasteiger partial charge is 0.497 e. The molecule has 0 spiro atoms. The number of carbonyl (C=O) groups excluding carboxylic acids is 2. The number of hydrogen-bond donors (Lipinski definition) is 0. The number of amides is 1. The number of fused-ring (bicyclic) bond motifs is 1. The quantitative estimate of drug-likeness (QED) is 0.729. The summed E-state index contributed by atoms with van der Waals surface area (Å²) in [6.07, 6.45) is -0.894. The lowest BCUT2D eigenvalue weighted by Gasteiger charge is -2.32. The highest BCUT2D eigenvalue weighted by Crippen LogP contribution is 2.29. The third-order valence-corrected chi connectivity index (χ3v) is 4.33. The summed E-state index contributed by atoms with van der Waals surface area (Å²) in [5, 5.41) is 0.779. The number of furan rings is 1. The van der Waals surface area contributed by atoms with Gasteiger partial charge in [-0.3, -0.25) is 4.79 Å². The van der Waals surface area contributed by atoms with Gasteiger partial charge in [-0.25, -0.2) is 4.79 Å². The third-order valence-electron chi connectivity index (χ3n) is 4.33. The fourth-order valence-electron chi connectivity index (χ4n) is 3.10. The number of hydrogen-bond acceptors (Lipinski definition) is 5. The molecule has 0 N–H and O–H groups in total. The first kappa shape index (κ1) is 19.8. The minimum Gasteiger partial charge on any atom is -0.497 e. The van der Waals surface area contributed by atoms with E-state index >= 15 is 0 Å². The standard InChI is InChI=1S/C20H27NO5/c1-11(2)21(12(3)4)19(22)14(6)25-20(23)18-13(5)16-10-15(24-7)8-9-17(16)26-18/h8-12,14H,1-7H3/t14-/m0/s1. The lowest BCUT2D eigenvalue weighted by molar-refractivity contribution is -0.143. The Bertz CT molecular complexity index is 798. The minimum atomic E-state index is -0.894. The van der Waals surface area contributed by atoms with Crippen LogP contribution in [0.5, 0.6) is 5.75 Å². The van der Waals surface area contributed by atoms with Crippen molar-refractivity contribution in [2.24, 2.45) is 0 Å². The Labute approximate surface area is 154 Å². The SMILES string of the molecule is COc1ccc2oc(C(=O)O[C@@H](C)C(=O)N(C(C)C)C(C)C)c(C)c2c1. The molecule has 0 aliphatic heterocycles. The molecule has 0 radical (unpaired) electrons. The van der Waals surface area contributed by atoms with Gasteiger partial charge in [0.05, 0.1) is 7.11 Å². The Morgan fingerprint density at radius 3 is 2.23 bits per heavy atom. The van der Waals surface area contributed by atoms with Gasteiger partial charge in [0.1, 0.15) is 11.3 Å². The van der Waals surface area contributed by atoms with Crippen molar-refractivity contribution in [3.8, 4) is 5.75 Å². The average Bonchev–Trinajstić information content (AvgIpc) is 2.90. The van der Waals surface area contributed by atoms with Gasteiger partial charge < -0.3 is 18.8 Å². The Morgan fingerprint density at radius 2 is 1.69 bits per heavy atom. The summed E-state index contributed by atoms with van der Waals surface area (Å²) in [6.45, 7) is 11.1. The molecule has 1 aromatic carbocycles. The molecule has 0 aliphatic carbocycles. The number of ether oxygens (including phenoxy) is 2. The molecule has 2 aromatic rings. The number of aryl methyl sites for hydroxylation is 1. The molecular formula is C20H27NO5. The average molecular weight is 361 g/mol. The molecule has 26 heavy (non-hydrogen) atoms. The maximum atomic E-state index is 12.6. The lowest BCUT2D eigenvalue weighted by atomic mass is 10.1. The molecule has 0 aliphatic rings. The van der Waals surface area contributed by atoms with E-state index in [-0.39, 0.29) is 23.8 Å². The summed E-state index contributed by atoms with van der Waals surface area (Å²) in [4.78, 5) is 26.9. The lowest BCUT2D eigenvalue weighted by Crippen LogP contribution is -2.47. The van der Waals surface area contributed by atoms with E-state index in [1.807, 2.05) is 27.7 Å². The van der Waals surface area contributed by atoms with Gasteiger partial charge in [-0.2, -0.15) is 0 Å². The van der Waals surface area contributed by atoms with Crippen molar-refractivity contribution in [2.75, 3.05) is 7.11 Å². The summed E-state index contributed by atoms with van der Waals surface area (Å²) in [5.41, 5.74) is 1.23. The smallest absolute Gasteiger partial charge is 0.375 e. The summed E-state index contributed by atoms with van der Waals surface area (Å²) < 4.78 is 16.2. The van der Waals surface area contributed by atoms with Crippen LogP contribution in [0.2, 0.25) is 0 Å². The zero-order valence-electron chi connectivity index (χ0n) is 16.5. The van der Waals surface area contributed by atoms with Crippen LogP contribution in [0.25, 0.3) is 11.0 Å². The number of methoxy groups -OCH3 is 1. The van der Waals surface area contributed by atoms with Crippen molar-refractivity contribution in [1.82, 2.24) is 4.90 Å². The Kier molecular flexibility index (Phi) is 5.95. The molecule has 2 rings (SSSR count). The molecular weight excluding hydrogens is 334 g/mol. The summed E-state index contributed by atoms with van der Waals surface area (Å²) in [6, 6.07) is 5.34. The van der Waals surface area contributed by atoms with Crippen LogP contribution in [-0.4, -0.2) is 42.1 Å². The van der Waals surface area contributed by atoms with Crippen LogP contribution >= 0.6 is 0 Å². The zero-order valence-corrected chi connectivity index (χ0v) is 16.5. The number of carbonyl (C=O) groups is 2. The highest BCUT2D eigenvalue weighted by atomic mass is 16.6. The number of benzene rings is 1. The van der Waals surface area contributed by atoms with Gasteiger partial charge >= 0.3 is 5.97 Å². The second kappa shape index (κ2) is 7.81. The molecule has 1 aromatic heterocycles. The van der Waals surface area contributed by atoms with E-state index in [1.165, 1.54) is 0 Å².